The van der Waals surface area contributed by atoms with Gasteiger partial charge in [0.05, 0.1) is 6.61 Å². The van der Waals surface area contributed by atoms with Crippen molar-refractivity contribution in [1.82, 2.24) is 15.5 Å². The molecular weight excluding hydrogens is 326 g/mol. The Morgan fingerprint density at radius 3 is 2.46 bits per heavy atom. The van der Waals surface area contributed by atoms with Crippen LogP contribution >= 0.6 is 0 Å². The third-order valence-corrected chi connectivity index (χ3v) is 4.59. The molecule has 0 radical (unpaired) electrons. The van der Waals surface area contributed by atoms with Gasteiger partial charge < -0.3 is 14.9 Å². The van der Waals surface area contributed by atoms with Crippen molar-refractivity contribution in [3.8, 4) is 11.4 Å². The molecule has 1 unspecified atom stereocenters. The van der Waals surface area contributed by atoms with Gasteiger partial charge in [-0.25, -0.2) is 0 Å². The second-order valence-electron chi connectivity index (χ2n) is 6.48. The van der Waals surface area contributed by atoms with Gasteiger partial charge in [-0.1, -0.05) is 54.5 Å². The lowest BCUT2D eigenvalue weighted by Gasteiger charge is -2.19. The molecule has 0 aliphatic rings. The van der Waals surface area contributed by atoms with E-state index in [9.17, 15) is 5.11 Å². The van der Waals surface area contributed by atoms with E-state index in [1.54, 1.807) is 6.92 Å². The standard InChI is InChI=1S/C21H25N3O2/c1-4-18-8-7-17(13-25)11-20(18)14(2)22-12-16-5-9-19(10-6-16)21-23-15(3)26-24-21/h5-11,14,22,25H,4,12-13H2,1-3H3. The first kappa shape index (κ1) is 18.3. The summed E-state index contributed by atoms with van der Waals surface area (Å²) in [6, 6.07) is 14.6. The molecule has 0 saturated carbocycles. The summed E-state index contributed by atoms with van der Waals surface area (Å²) in [6.07, 6.45) is 0.978. The van der Waals surface area contributed by atoms with Crippen molar-refractivity contribution < 1.29 is 9.63 Å². The number of aromatic nitrogens is 2. The fourth-order valence-electron chi connectivity index (χ4n) is 3.04. The normalized spacial score (nSPS) is 12.3. The zero-order chi connectivity index (χ0) is 18.5. The Bertz CT molecular complexity index is 856. The van der Waals surface area contributed by atoms with Crippen LogP contribution in [0, 0.1) is 6.92 Å². The van der Waals surface area contributed by atoms with Crippen LogP contribution in [0.3, 0.4) is 0 Å². The third-order valence-electron chi connectivity index (χ3n) is 4.59. The average molecular weight is 351 g/mol. The monoisotopic (exact) mass is 351 g/mol. The number of aliphatic hydroxyl groups is 1. The minimum Gasteiger partial charge on any atom is -0.392 e. The lowest BCUT2D eigenvalue weighted by molar-refractivity contribution is 0.281. The highest BCUT2D eigenvalue weighted by molar-refractivity contribution is 5.54. The SMILES string of the molecule is CCc1ccc(CO)cc1C(C)NCc1ccc(-c2noc(C)n2)cc1. The zero-order valence-electron chi connectivity index (χ0n) is 15.5. The lowest BCUT2D eigenvalue weighted by atomic mass is 9.97. The first-order valence-electron chi connectivity index (χ1n) is 8.96. The fourth-order valence-corrected chi connectivity index (χ4v) is 3.04. The molecular formula is C21H25N3O2. The molecule has 5 nitrogen and oxygen atoms in total. The van der Waals surface area contributed by atoms with Crippen molar-refractivity contribution in [3.05, 3.63) is 70.6 Å². The Kier molecular flexibility index (Phi) is 5.81. The molecule has 1 aromatic heterocycles. The molecule has 0 aliphatic heterocycles. The molecule has 0 amide bonds. The summed E-state index contributed by atoms with van der Waals surface area (Å²) in [5.41, 5.74) is 5.65. The summed E-state index contributed by atoms with van der Waals surface area (Å²) in [7, 11) is 0. The smallest absolute Gasteiger partial charge is 0.223 e. The van der Waals surface area contributed by atoms with Gasteiger partial charge in [-0.2, -0.15) is 4.98 Å². The van der Waals surface area contributed by atoms with Crippen molar-refractivity contribution in [1.29, 1.82) is 0 Å². The maximum Gasteiger partial charge on any atom is 0.223 e. The van der Waals surface area contributed by atoms with Crippen LogP contribution in [0.2, 0.25) is 0 Å². The molecule has 0 bridgehead atoms. The average Bonchev–Trinajstić information content (AvgIpc) is 3.12. The Morgan fingerprint density at radius 1 is 1.12 bits per heavy atom. The predicted octanol–water partition coefficient (Wildman–Crippen LogP) is 3.95. The number of nitrogens with one attached hydrogen (secondary N) is 1. The summed E-state index contributed by atoms with van der Waals surface area (Å²) in [5.74, 6) is 1.18. The molecule has 1 heterocycles. The topological polar surface area (TPSA) is 71.2 Å². The van der Waals surface area contributed by atoms with Crippen LogP contribution in [0.4, 0.5) is 0 Å². The highest BCUT2D eigenvalue weighted by Gasteiger charge is 2.11. The van der Waals surface area contributed by atoms with Gasteiger partial charge in [0, 0.05) is 25.1 Å². The van der Waals surface area contributed by atoms with Crippen molar-refractivity contribution in [3.63, 3.8) is 0 Å². The van der Waals surface area contributed by atoms with Gasteiger partial charge in [0.15, 0.2) is 0 Å². The molecule has 3 aromatic rings. The van der Waals surface area contributed by atoms with Gasteiger partial charge in [0.2, 0.25) is 11.7 Å². The van der Waals surface area contributed by atoms with E-state index in [1.165, 1.54) is 16.7 Å². The quantitative estimate of drug-likeness (QED) is 0.674. The lowest BCUT2D eigenvalue weighted by Crippen LogP contribution is -2.19. The molecule has 0 fully saturated rings. The van der Waals surface area contributed by atoms with Gasteiger partial charge in [-0.05, 0) is 35.6 Å². The first-order chi connectivity index (χ1) is 12.6. The minimum atomic E-state index is 0.0702. The molecule has 5 heteroatoms. The van der Waals surface area contributed by atoms with E-state index in [2.05, 4.69) is 53.6 Å². The van der Waals surface area contributed by atoms with Crippen LogP contribution in [-0.2, 0) is 19.6 Å². The summed E-state index contributed by atoms with van der Waals surface area (Å²) < 4.78 is 5.03. The van der Waals surface area contributed by atoms with E-state index in [1.807, 2.05) is 18.2 Å². The molecule has 0 aliphatic carbocycles. The van der Waals surface area contributed by atoms with E-state index in [-0.39, 0.29) is 12.6 Å². The number of hydrogen-bond acceptors (Lipinski definition) is 5. The van der Waals surface area contributed by atoms with E-state index < -0.39 is 0 Å². The number of nitrogens with zero attached hydrogens (tertiary/aromatic N) is 2. The molecule has 0 saturated heterocycles. The van der Waals surface area contributed by atoms with Gasteiger partial charge in [-0.3, -0.25) is 0 Å². The second-order valence-corrected chi connectivity index (χ2v) is 6.48. The molecule has 3 rings (SSSR count). The number of aliphatic hydroxyl groups excluding tert-OH is 1. The van der Waals surface area contributed by atoms with Crippen molar-refractivity contribution in [2.45, 2.75) is 46.4 Å². The Labute approximate surface area is 154 Å². The van der Waals surface area contributed by atoms with E-state index in [4.69, 9.17) is 4.52 Å². The molecule has 136 valence electrons. The minimum absolute atomic E-state index is 0.0702. The van der Waals surface area contributed by atoms with Crippen molar-refractivity contribution in [2.75, 3.05) is 0 Å². The Hall–Kier alpha value is -2.50. The third kappa shape index (κ3) is 4.18. The van der Waals surface area contributed by atoms with E-state index >= 15 is 0 Å². The van der Waals surface area contributed by atoms with Gasteiger partial charge in [0.1, 0.15) is 0 Å². The maximum atomic E-state index is 9.40. The molecule has 26 heavy (non-hydrogen) atoms. The number of rotatable bonds is 7. The molecule has 2 aromatic carbocycles. The van der Waals surface area contributed by atoms with Gasteiger partial charge in [0.25, 0.3) is 0 Å². The maximum absolute atomic E-state index is 9.40. The van der Waals surface area contributed by atoms with E-state index in [0.717, 1.165) is 24.1 Å². The fraction of sp³-hybridized carbons (Fsp3) is 0.333. The van der Waals surface area contributed by atoms with Gasteiger partial charge in [-0.15, -0.1) is 0 Å². The Balaban J connectivity index is 1.67. The second kappa shape index (κ2) is 8.25. The van der Waals surface area contributed by atoms with Crippen molar-refractivity contribution >= 4 is 0 Å². The molecule has 0 spiro atoms. The van der Waals surface area contributed by atoms with Crippen LogP contribution in [0.25, 0.3) is 11.4 Å². The Morgan fingerprint density at radius 2 is 1.85 bits per heavy atom. The zero-order valence-corrected chi connectivity index (χ0v) is 15.5. The highest BCUT2D eigenvalue weighted by atomic mass is 16.5. The number of aryl methyl sites for hydroxylation is 2. The van der Waals surface area contributed by atoms with Crippen LogP contribution < -0.4 is 5.32 Å². The summed E-state index contributed by atoms with van der Waals surface area (Å²) in [4.78, 5) is 4.25. The molecule has 2 N–H and O–H groups in total. The summed E-state index contributed by atoms with van der Waals surface area (Å²) in [6.45, 7) is 6.93. The van der Waals surface area contributed by atoms with E-state index in [0.29, 0.717) is 11.7 Å². The van der Waals surface area contributed by atoms with Crippen LogP contribution in [0.15, 0.2) is 47.0 Å². The number of hydrogen-bond donors (Lipinski definition) is 2. The largest absolute Gasteiger partial charge is 0.392 e. The predicted molar refractivity (Wildman–Crippen MR) is 101 cm³/mol. The first-order valence-corrected chi connectivity index (χ1v) is 8.96. The van der Waals surface area contributed by atoms with Crippen LogP contribution in [-0.4, -0.2) is 15.2 Å². The van der Waals surface area contributed by atoms with Crippen molar-refractivity contribution in [2.24, 2.45) is 0 Å². The van der Waals surface area contributed by atoms with Gasteiger partial charge >= 0.3 is 0 Å². The number of benzene rings is 2. The van der Waals surface area contributed by atoms with Crippen LogP contribution in [0.1, 0.15) is 48.0 Å². The highest BCUT2D eigenvalue weighted by Crippen LogP contribution is 2.22. The summed E-state index contributed by atoms with van der Waals surface area (Å²) >= 11 is 0. The molecule has 1 atom stereocenters. The summed E-state index contributed by atoms with van der Waals surface area (Å²) in [5, 5.41) is 16.9. The van der Waals surface area contributed by atoms with Crippen LogP contribution in [0.5, 0.6) is 0 Å².